The molecule has 1 aliphatic heterocycles. The fraction of sp³-hybridized carbons (Fsp3) is 1.00. The van der Waals surface area contributed by atoms with Crippen molar-refractivity contribution in [3.05, 3.63) is 0 Å². The van der Waals surface area contributed by atoms with Crippen molar-refractivity contribution >= 4 is 11.8 Å². The zero-order valence-corrected chi connectivity index (χ0v) is 11.1. The van der Waals surface area contributed by atoms with Crippen molar-refractivity contribution < 1.29 is 0 Å². The molecular formula is C12H26N2S. The Morgan fingerprint density at radius 1 is 1.33 bits per heavy atom. The van der Waals surface area contributed by atoms with Gasteiger partial charge in [0.1, 0.15) is 0 Å². The van der Waals surface area contributed by atoms with Gasteiger partial charge in [-0.25, -0.2) is 0 Å². The summed E-state index contributed by atoms with van der Waals surface area (Å²) in [5.74, 6) is 2.61. The quantitative estimate of drug-likeness (QED) is 0.722. The third-order valence-corrected chi connectivity index (χ3v) is 4.20. The minimum atomic E-state index is 0.763. The minimum Gasteiger partial charge on any atom is -0.312 e. The van der Waals surface area contributed by atoms with Crippen LogP contribution in [0.2, 0.25) is 0 Å². The van der Waals surface area contributed by atoms with Crippen LogP contribution in [-0.2, 0) is 0 Å². The van der Waals surface area contributed by atoms with E-state index in [0.29, 0.717) is 0 Å². The summed E-state index contributed by atoms with van der Waals surface area (Å²) in [7, 11) is 0. The summed E-state index contributed by atoms with van der Waals surface area (Å²) in [6.45, 7) is 9.52. The molecule has 15 heavy (non-hydrogen) atoms. The van der Waals surface area contributed by atoms with E-state index in [2.05, 4.69) is 35.8 Å². The van der Waals surface area contributed by atoms with Gasteiger partial charge >= 0.3 is 0 Å². The number of rotatable bonds is 7. The van der Waals surface area contributed by atoms with Gasteiger partial charge in [0.05, 0.1) is 0 Å². The van der Waals surface area contributed by atoms with Crippen LogP contribution in [0.15, 0.2) is 0 Å². The Hall–Kier alpha value is 0.270. The number of nitrogens with one attached hydrogen (secondary N) is 1. The SMILES string of the molecule is CCCCN(CC)CCC1CSCCN1. The lowest BCUT2D eigenvalue weighted by Crippen LogP contribution is -2.40. The second-order valence-electron chi connectivity index (χ2n) is 4.30. The van der Waals surface area contributed by atoms with Gasteiger partial charge in [0.15, 0.2) is 0 Å². The second kappa shape index (κ2) is 8.43. The molecule has 0 saturated carbocycles. The van der Waals surface area contributed by atoms with E-state index in [-0.39, 0.29) is 0 Å². The fourth-order valence-electron chi connectivity index (χ4n) is 1.95. The molecule has 90 valence electrons. The summed E-state index contributed by atoms with van der Waals surface area (Å²) in [5, 5.41) is 3.61. The molecule has 1 unspecified atom stereocenters. The number of hydrogen-bond donors (Lipinski definition) is 1. The Morgan fingerprint density at radius 2 is 2.20 bits per heavy atom. The molecule has 0 aromatic rings. The average Bonchev–Trinajstić information content (AvgIpc) is 2.31. The third-order valence-electron chi connectivity index (χ3n) is 3.07. The Balaban J connectivity index is 2.09. The number of thioether (sulfide) groups is 1. The van der Waals surface area contributed by atoms with Crippen LogP contribution in [0.1, 0.15) is 33.1 Å². The zero-order valence-electron chi connectivity index (χ0n) is 10.3. The normalized spacial score (nSPS) is 22.2. The van der Waals surface area contributed by atoms with Crippen LogP contribution in [0.4, 0.5) is 0 Å². The molecule has 2 nitrogen and oxygen atoms in total. The average molecular weight is 230 g/mol. The van der Waals surface area contributed by atoms with Gasteiger partial charge < -0.3 is 10.2 Å². The Morgan fingerprint density at radius 3 is 2.80 bits per heavy atom. The van der Waals surface area contributed by atoms with E-state index >= 15 is 0 Å². The van der Waals surface area contributed by atoms with Crippen molar-refractivity contribution in [2.24, 2.45) is 0 Å². The van der Waals surface area contributed by atoms with E-state index in [1.807, 2.05) is 0 Å². The fourth-order valence-corrected chi connectivity index (χ4v) is 2.95. The Labute approximate surface area is 99.2 Å². The largest absolute Gasteiger partial charge is 0.312 e. The van der Waals surface area contributed by atoms with Gasteiger partial charge in [0.25, 0.3) is 0 Å². The highest BCUT2D eigenvalue weighted by molar-refractivity contribution is 7.99. The first-order valence-electron chi connectivity index (χ1n) is 6.40. The zero-order chi connectivity index (χ0) is 10.9. The van der Waals surface area contributed by atoms with Gasteiger partial charge in [0, 0.05) is 24.1 Å². The van der Waals surface area contributed by atoms with Crippen molar-refractivity contribution in [3.63, 3.8) is 0 Å². The van der Waals surface area contributed by atoms with E-state index < -0.39 is 0 Å². The molecule has 0 radical (unpaired) electrons. The highest BCUT2D eigenvalue weighted by Crippen LogP contribution is 2.10. The molecule has 1 saturated heterocycles. The maximum atomic E-state index is 3.61. The molecule has 0 aromatic heterocycles. The summed E-state index contributed by atoms with van der Waals surface area (Å²) >= 11 is 2.10. The van der Waals surface area contributed by atoms with Gasteiger partial charge in [-0.2, -0.15) is 11.8 Å². The topological polar surface area (TPSA) is 15.3 Å². The summed E-state index contributed by atoms with van der Waals surface area (Å²) < 4.78 is 0. The summed E-state index contributed by atoms with van der Waals surface area (Å²) in [5.41, 5.74) is 0. The molecule has 0 amide bonds. The maximum Gasteiger partial charge on any atom is 0.0170 e. The molecule has 1 rings (SSSR count). The van der Waals surface area contributed by atoms with Crippen molar-refractivity contribution in [2.45, 2.75) is 39.2 Å². The van der Waals surface area contributed by atoms with Gasteiger partial charge in [-0.3, -0.25) is 0 Å². The van der Waals surface area contributed by atoms with Crippen LogP contribution in [0.3, 0.4) is 0 Å². The highest BCUT2D eigenvalue weighted by atomic mass is 32.2. The van der Waals surface area contributed by atoms with Crippen LogP contribution < -0.4 is 5.32 Å². The molecule has 1 aliphatic rings. The molecule has 0 bridgehead atoms. The third kappa shape index (κ3) is 5.79. The second-order valence-corrected chi connectivity index (χ2v) is 5.45. The van der Waals surface area contributed by atoms with Gasteiger partial charge in [0.2, 0.25) is 0 Å². The molecule has 1 N–H and O–H groups in total. The molecule has 3 heteroatoms. The molecule has 1 heterocycles. The molecule has 0 aliphatic carbocycles. The summed E-state index contributed by atoms with van der Waals surface area (Å²) in [6.07, 6.45) is 3.99. The van der Waals surface area contributed by atoms with Crippen molar-refractivity contribution in [3.8, 4) is 0 Å². The van der Waals surface area contributed by atoms with Crippen LogP contribution in [0.25, 0.3) is 0 Å². The van der Waals surface area contributed by atoms with Crippen LogP contribution in [0, 0.1) is 0 Å². The van der Waals surface area contributed by atoms with Gasteiger partial charge in [-0.05, 0) is 32.5 Å². The minimum absolute atomic E-state index is 0.763. The number of nitrogens with zero attached hydrogens (tertiary/aromatic N) is 1. The van der Waals surface area contributed by atoms with E-state index in [9.17, 15) is 0 Å². The number of unbranched alkanes of at least 4 members (excludes halogenated alkanes) is 1. The Bertz CT molecular complexity index is 147. The van der Waals surface area contributed by atoms with Crippen molar-refractivity contribution in [1.29, 1.82) is 0 Å². The van der Waals surface area contributed by atoms with E-state index in [4.69, 9.17) is 0 Å². The van der Waals surface area contributed by atoms with E-state index in [1.165, 1.54) is 56.9 Å². The smallest absolute Gasteiger partial charge is 0.0170 e. The lowest BCUT2D eigenvalue weighted by Gasteiger charge is -2.26. The van der Waals surface area contributed by atoms with Crippen molar-refractivity contribution in [1.82, 2.24) is 10.2 Å². The molecule has 0 aromatic carbocycles. The molecule has 1 atom stereocenters. The summed E-state index contributed by atoms with van der Waals surface area (Å²) in [6, 6.07) is 0.763. The lowest BCUT2D eigenvalue weighted by molar-refractivity contribution is 0.268. The van der Waals surface area contributed by atoms with Gasteiger partial charge in [-0.15, -0.1) is 0 Å². The van der Waals surface area contributed by atoms with Crippen LogP contribution in [-0.4, -0.2) is 48.6 Å². The first-order valence-corrected chi connectivity index (χ1v) is 7.55. The number of hydrogen-bond acceptors (Lipinski definition) is 3. The summed E-state index contributed by atoms with van der Waals surface area (Å²) in [4.78, 5) is 2.59. The van der Waals surface area contributed by atoms with Crippen LogP contribution >= 0.6 is 11.8 Å². The molecule has 0 spiro atoms. The first kappa shape index (κ1) is 13.3. The Kier molecular flexibility index (Phi) is 7.49. The lowest BCUT2D eigenvalue weighted by atomic mass is 10.2. The van der Waals surface area contributed by atoms with Crippen molar-refractivity contribution in [2.75, 3.05) is 37.7 Å². The predicted octanol–water partition coefficient (Wildman–Crippen LogP) is 2.20. The van der Waals surface area contributed by atoms with Gasteiger partial charge in [-0.1, -0.05) is 20.3 Å². The van der Waals surface area contributed by atoms with Crippen LogP contribution in [0.5, 0.6) is 0 Å². The monoisotopic (exact) mass is 230 g/mol. The molecular weight excluding hydrogens is 204 g/mol. The highest BCUT2D eigenvalue weighted by Gasteiger charge is 2.13. The van der Waals surface area contributed by atoms with E-state index in [0.717, 1.165) is 6.04 Å². The molecule has 1 fully saturated rings. The first-order chi connectivity index (χ1) is 7.36. The van der Waals surface area contributed by atoms with E-state index in [1.54, 1.807) is 0 Å². The maximum absolute atomic E-state index is 3.61. The predicted molar refractivity (Wildman–Crippen MR) is 70.8 cm³/mol. The standard InChI is InChI=1S/C12H26N2S/c1-3-5-8-14(4-2)9-6-12-11-15-10-7-13-12/h12-13H,3-11H2,1-2H3.